The molecule has 0 aromatic heterocycles. The van der Waals surface area contributed by atoms with E-state index in [1.165, 1.54) is 5.56 Å². The van der Waals surface area contributed by atoms with E-state index in [-0.39, 0.29) is 17.7 Å². The Hall–Kier alpha value is -1.68. The number of nitrogens with one attached hydrogen (secondary N) is 1. The lowest BCUT2D eigenvalue weighted by Gasteiger charge is -2.49. The number of nitrogens with zero attached hydrogens (tertiary/aromatic N) is 1. The Labute approximate surface area is 139 Å². The maximum Gasteiger partial charge on any atom is 0.241 e. The Bertz CT molecular complexity index is 620. The summed E-state index contributed by atoms with van der Waals surface area (Å²) >= 11 is 0. The first kappa shape index (κ1) is 17.7. The van der Waals surface area contributed by atoms with Gasteiger partial charge >= 0.3 is 0 Å². The maximum absolute atomic E-state index is 13.2. The van der Waals surface area contributed by atoms with Crippen molar-refractivity contribution in [2.75, 3.05) is 7.05 Å². The molecule has 1 aliphatic heterocycles. The number of carbonyl (C=O) groups is 2. The molecular weight excluding hydrogens is 288 g/mol. The van der Waals surface area contributed by atoms with Gasteiger partial charge in [-0.1, -0.05) is 24.3 Å². The van der Waals surface area contributed by atoms with Crippen molar-refractivity contribution in [3.8, 4) is 0 Å². The third-order valence-electron chi connectivity index (χ3n) is 4.81. The molecule has 0 spiro atoms. The van der Waals surface area contributed by atoms with Crippen molar-refractivity contribution in [1.29, 1.82) is 0 Å². The van der Waals surface area contributed by atoms with Gasteiger partial charge in [-0.05, 0) is 59.2 Å². The third kappa shape index (κ3) is 3.18. The van der Waals surface area contributed by atoms with Gasteiger partial charge in [0.15, 0.2) is 0 Å². The number of amides is 1. The second-order valence-corrected chi connectivity index (χ2v) is 7.63. The predicted octanol–water partition coefficient (Wildman–Crippen LogP) is 2.65. The summed E-state index contributed by atoms with van der Waals surface area (Å²) in [6.45, 7) is 9.69. The third-order valence-corrected chi connectivity index (χ3v) is 4.81. The largest absolute Gasteiger partial charge is 0.327 e. The van der Waals surface area contributed by atoms with Gasteiger partial charge in [-0.25, -0.2) is 0 Å². The molecule has 0 aliphatic carbocycles. The van der Waals surface area contributed by atoms with Gasteiger partial charge in [0.2, 0.25) is 5.91 Å². The second-order valence-electron chi connectivity index (χ2n) is 7.63. The van der Waals surface area contributed by atoms with Crippen LogP contribution in [0.4, 0.5) is 0 Å². The Kier molecular flexibility index (Phi) is 4.67. The van der Waals surface area contributed by atoms with Crippen molar-refractivity contribution in [3.63, 3.8) is 0 Å². The number of benzene rings is 1. The van der Waals surface area contributed by atoms with E-state index in [1.54, 1.807) is 6.92 Å². The Balaban J connectivity index is 2.63. The molecule has 126 valence electrons. The van der Waals surface area contributed by atoms with E-state index >= 15 is 0 Å². The van der Waals surface area contributed by atoms with Gasteiger partial charge in [0, 0.05) is 12.0 Å². The quantitative estimate of drug-likeness (QED) is 0.929. The molecule has 1 N–H and O–H groups in total. The SMILES string of the molecule is CN[C@H]1Cc2ccccc2C(C)(C)N(C(C)(C)CC(C)=O)C1=O. The molecule has 1 atom stereocenters. The molecule has 1 amide bonds. The number of likely N-dealkylation sites (N-methyl/N-ethyl adjacent to an activating group) is 1. The van der Waals surface area contributed by atoms with Crippen LogP contribution in [0.15, 0.2) is 24.3 Å². The standard InChI is InChI=1S/C19H28N2O2/c1-13(22)12-18(2,3)21-17(23)16(20-6)11-14-9-7-8-10-15(14)19(21,4)5/h7-10,16,20H,11-12H2,1-6H3/t16-/m0/s1. The van der Waals surface area contributed by atoms with Crippen LogP contribution in [0, 0.1) is 0 Å². The minimum Gasteiger partial charge on any atom is -0.327 e. The number of fused-ring (bicyclic) bond motifs is 1. The van der Waals surface area contributed by atoms with Crippen LogP contribution in [0.2, 0.25) is 0 Å². The number of ketones is 1. The van der Waals surface area contributed by atoms with E-state index in [0.717, 1.165) is 5.56 Å². The molecule has 4 nitrogen and oxygen atoms in total. The molecule has 1 aromatic carbocycles. The number of carbonyl (C=O) groups excluding carboxylic acids is 2. The van der Waals surface area contributed by atoms with Crippen molar-refractivity contribution in [3.05, 3.63) is 35.4 Å². The fraction of sp³-hybridized carbons (Fsp3) is 0.579. The van der Waals surface area contributed by atoms with Crippen LogP contribution in [0.25, 0.3) is 0 Å². The molecule has 1 aliphatic rings. The first-order valence-electron chi connectivity index (χ1n) is 8.20. The molecule has 2 rings (SSSR count). The number of hydrogen-bond acceptors (Lipinski definition) is 3. The van der Waals surface area contributed by atoms with Crippen LogP contribution in [-0.2, 0) is 21.5 Å². The summed E-state index contributed by atoms with van der Waals surface area (Å²) in [7, 11) is 1.82. The summed E-state index contributed by atoms with van der Waals surface area (Å²) in [6, 6.07) is 7.95. The summed E-state index contributed by atoms with van der Waals surface area (Å²) in [6.07, 6.45) is 1.02. The van der Waals surface area contributed by atoms with Gasteiger partial charge in [-0.2, -0.15) is 0 Å². The molecule has 4 heteroatoms. The van der Waals surface area contributed by atoms with Crippen molar-refractivity contribution < 1.29 is 9.59 Å². The normalized spacial score (nSPS) is 20.9. The van der Waals surface area contributed by atoms with E-state index in [2.05, 4.69) is 31.3 Å². The Morgan fingerprint density at radius 2 is 1.96 bits per heavy atom. The molecule has 0 radical (unpaired) electrons. The molecular formula is C19H28N2O2. The lowest BCUT2D eigenvalue weighted by Crippen LogP contribution is -2.60. The Morgan fingerprint density at radius 3 is 2.52 bits per heavy atom. The average molecular weight is 316 g/mol. The highest BCUT2D eigenvalue weighted by Crippen LogP contribution is 2.40. The predicted molar refractivity (Wildman–Crippen MR) is 92.2 cm³/mol. The molecule has 0 unspecified atom stereocenters. The summed E-state index contributed by atoms with van der Waals surface area (Å²) in [5.74, 6) is 0.150. The topological polar surface area (TPSA) is 49.4 Å². The number of hydrogen-bond donors (Lipinski definition) is 1. The lowest BCUT2D eigenvalue weighted by molar-refractivity contribution is -0.148. The van der Waals surface area contributed by atoms with Crippen LogP contribution < -0.4 is 5.32 Å². The minimum atomic E-state index is -0.543. The number of rotatable bonds is 4. The van der Waals surface area contributed by atoms with Crippen LogP contribution in [0.5, 0.6) is 0 Å². The van der Waals surface area contributed by atoms with Crippen molar-refractivity contribution in [1.82, 2.24) is 10.2 Å². The van der Waals surface area contributed by atoms with Gasteiger partial charge in [-0.15, -0.1) is 0 Å². The van der Waals surface area contributed by atoms with Gasteiger partial charge in [0.05, 0.1) is 11.6 Å². The highest BCUT2D eigenvalue weighted by molar-refractivity contribution is 5.86. The van der Waals surface area contributed by atoms with Gasteiger partial charge in [0.1, 0.15) is 5.78 Å². The van der Waals surface area contributed by atoms with Crippen molar-refractivity contribution in [2.24, 2.45) is 0 Å². The molecule has 1 heterocycles. The average Bonchev–Trinajstić information content (AvgIpc) is 2.50. The molecule has 0 saturated carbocycles. The van der Waals surface area contributed by atoms with Crippen molar-refractivity contribution in [2.45, 2.75) is 64.6 Å². The van der Waals surface area contributed by atoms with E-state index in [1.807, 2.05) is 37.9 Å². The van der Waals surface area contributed by atoms with Crippen molar-refractivity contribution >= 4 is 11.7 Å². The molecule has 0 bridgehead atoms. The monoisotopic (exact) mass is 316 g/mol. The van der Waals surface area contributed by atoms with Gasteiger partial charge in [-0.3, -0.25) is 9.59 Å². The van der Waals surface area contributed by atoms with E-state index in [9.17, 15) is 9.59 Å². The summed E-state index contributed by atoms with van der Waals surface area (Å²) in [4.78, 5) is 26.9. The highest BCUT2D eigenvalue weighted by Gasteiger charge is 2.47. The number of Topliss-reactive ketones (excluding diaryl/α,β-unsaturated/α-hetero) is 1. The van der Waals surface area contributed by atoms with E-state index in [0.29, 0.717) is 12.8 Å². The van der Waals surface area contributed by atoms with Crippen LogP contribution in [0.1, 0.15) is 52.2 Å². The molecule has 23 heavy (non-hydrogen) atoms. The molecule has 1 aromatic rings. The lowest BCUT2D eigenvalue weighted by atomic mass is 9.84. The highest BCUT2D eigenvalue weighted by atomic mass is 16.2. The summed E-state index contributed by atoms with van der Waals surface area (Å²) in [5.41, 5.74) is 1.33. The van der Waals surface area contributed by atoms with Crippen LogP contribution >= 0.6 is 0 Å². The maximum atomic E-state index is 13.2. The van der Waals surface area contributed by atoms with Gasteiger partial charge < -0.3 is 10.2 Å². The zero-order chi connectivity index (χ0) is 17.4. The van der Waals surface area contributed by atoms with Crippen LogP contribution in [0.3, 0.4) is 0 Å². The molecule has 0 fully saturated rings. The fourth-order valence-electron chi connectivity index (χ4n) is 4.12. The first-order chi connectivity index (χ1) is 10.6. The molecule has 0 saturated heterocycles. The second kappa shape index (κ2) is 6.08. The van der Waals surface area contributed by atoms with Crippen LogP contribution in [-0.4, -0.2) is 35.2 Å². The Morgan fingerprint density at radius 1 is 1.35 bits per heavy atom. The fourth-order valence-corrected chi connectivity index (χ4v) is 4.12. The van der Waals surface area contributed by atoms with E-state index < -0.39 is 11.1 Å². The zero-order valence-electron chi connectivity index (χ0n) is 15.1. The van der Waals surface area contributed by atoms with E-state index in [4.69, 9.17) is 0 Å². The summed E-state index contributed by atoms with van der Waals surface area (Å²) in [5, 5.41) is 3.15. The minimum absolute atomic E-state index is 0.0555. The first-order valence-corrected chi connectivity index (χ1v) is 8.20. The smallest absolute Gasteiger partial charge is 0.241 e. The summed E-state index contributed by atoms with van der Waals surface area (Å²) < 4.78 is 0. The van der Waals surface area contributed by atoms with Gasteiger partial charge in [0.25, 0.3) is 0 Å². The zero-order valence-corrected chi connectivity index (χ0v) is 15.1.